The van der Waals surface area contributed by atoms with E-state index in [1.54, 1.807) is 4.90 Å². The molecule has 0 unspecified atom stereocenters. The third-order valence-corrected chi connectivity index (χ3v) is 5.64. The van der Waals surface area contributed by atoms with E-state index in [9.17, 15) is 4.79 Å². The number of amides is 1. The van der Waals surface area contributed by atoms with Crippen LogP contribution in [0.5, 0.6) is 0 Å². The van der Waals surface area contributed by atoms with Crippen molar-refractivity contribution >= 4 is 5.91 Å². The van der Waals surface area contributed by atoms with E-state index >= 15 is 0 Å². The SMILES string of the molecule is CCc1ccc([C@H](C)NC(=O)C[NH+]2CC[NH+](Cc3ccccc3)CC2)cc1. The number of carbonyl (C=O) groups excluding carboxylic acids is 1. The molecule has 1 saturated heterocycles. The van der Waals surface area contributed by atoms with Gasteiger partial charge in [-0.3, -0.25) is 4.79 Å². The van der Waals surface area contributed by atoms with Crippen LogP contribution in [0.2, 0.25) is 0 Å². The van der Waals surface area contributed by atoms with E-state index in [-0.39, 0.29) is 11.9 Å². The quantitative estimate of drug-likeness (QED) is 0.652. The second-order valence-electron chi connectivity index (χ2n) is 7.72. The predicted octanol–water partition coefficient (Wildman–Crippen LogP) is 0.410. The summed E-state index contributed by atoms with van der Waals surface area (Å²) in [6.45, 7) is 10.3. The molecule has 27 heavy (non-hydrogen) atoms. The van der Waals surface area contributed by atoms with E-state index in [1.165, 1.54) is 21.6 Å². The number of hydrogen-bond acceptors (Lipinski definition) is 1. The summed E-state index contributed by atoms with van der Waals surface area (Å²) >= 11 is 0. The molecule has 2 aromatic rings. The average Bonchev–Trinajstić information content (AvgIpc) is 2.70. The normalized spacial score (nSPS) is 20.8. The summed E-state index contributed by atoms with van der Waals surface area (Å²) < 4.78 is 0. The van der Waals surface area contributed by atoms with Crippen molar-refractivity contribution in [3.63, 3.8) is 0 Å². The first-order valence-corrected chi connectivity index (χ1v) is 10.2. The molecule has 3 N–H and O–H groups in total. The second-order valence-corrected chi connectivity index (χ2v) is 7.72. The Bertz CT molecular complexity index is 706. The lowest BCUT2D eigenvalue weighted by molar-refractivity contribution is -1.02. The number of nitrogens with one attached hydrogen (secondary N) is 3. The maximum absolute atomic E-state index is 12.5. The fourth-order valence-electron chi connectivity index (χ4n) is 3.84. The van der Waals surface area contributed by atoms with Crippen LogP contribution in [0.25, 0.3) is 0 Å². The van der Waals surface area contributed by atoms with Crippen molar-refractivity contribution in [1.29, 1.82) is 0 Å². The van der Waals surface area contributed by atoms with Crippen molar-refractivity contribution in [3.8, 4) is 0 Å². The molecule has 4 heteroatoms. The molecule has 1 aliphatic heterocycles. The number of aryl methyl sites for hydroxylation is 1. The van der Waals surface area contributed by atoms with E-state index in [1.807, 2.05) is 0 Å². The molecule has 1 atom stereocenters. The van der Waals surface area contributed by atoms with Crippen molar-refractivity contribution in [2.45, 2.75) is 32.9 Å². The van der Waals surface area contributed by atoms with Gasteiger partial charge >= 0.3 is 0 Å². The zero-order valence-electron chi connectivity index (χ0n) is 16.6. The highest BCUT2D eigenvalue weighted by Crippen LogP contribution is 2.13. The van der Waals surface area contributed by atoms with Crippen molar-refractivity contribution in [1.82, 2.24) is 5.32 Å². The molecule has 0 bridgehead atoms. The van der Waals surface area contributed by atoms with Crippen LogP contribution >= 0.6 is 0 Å². The molecule has 0 radical (unpaired) electrons. The number of hydrogen-bond donors (Lipinski definition) is 3. The summed E-state index contributed by atoms with van der Waals surface area (Å²) in [4.78, 5) is 15.5. The standard InChI is InChI=1S/C23H31N3O/c1-3-20-9-11-22(12-10-20)19(2)24-23(27)18-26-15-13-25(14-16-26)17-21-7-5-4-6-8-21/h4-12,19H,3,13-18H2,1-2H3,(H,24,27)/p+2/t19-/m0/s1. The third-order valence-electron chi connectivity index (χ3n) is 5.64. The van der Waals surface area contributed by atoms with Gasteiger partial charge in [0.2, 0.25) is 0 Å². The highest BCUT2D eigenvalue weighted by atomic mass is 16.2. The minimum atomic E-state index is 0.0628. The number of benzene rings is 2. The summed E-state index contributed by atoms with van der Waals surface area (Å²) in [5.74, 6) is 0.156. The van der Waals surface area contributed by atoms with Gasteiger partial charge in [-0.1, -0.05) is 61.5 Å². The lowest BCUT2D eigenvalue weighted by Crippen LogP contribution is -3.28. The van der Waals surface area contributed by atoms with Crippen LogP contribution in [-0.2, 0) is 17.8 Å². The molecule has 0 spiro atoms. The molecule has 1 aliphatic rings. The molecule has 4 nitrogen and oxygen atoms in total. The predicted molar refractivity (Wildman–Crippen MR) is 109 cm³/mol. The van der Waals surface area contributed by atoms with Crippen molar-refractivity contribution in [2.75, 3.05) is 32.7 Å². The summed E-state index contributed by atoms with van der Waals surface area (Å²) in [6.07, 6.45) is 1.04. The molecule has 0 aromatic heterocycles. The van der Waals surface area contributed by atoms with Crippen LogP contribution in [0, 0.1) is 0 Å². The summed E-state index contributed by atoms with van der Waals surface area (Å²) in [5, 5.41) is 3.17. The zero-order chi connectivity index (χ0) is 19.1. The Labute approximate surface area is 163 Å². The molecule has 0 aliphatic carbocycles. The van der Waals surface area contributed by atoms with Gasteiger partial charge in [0.15, 0.2) is 6.54 Å². The van der Waals surface area contributed by atoms with Crippen molar-refractivity contribution in [2.24, 2.45) is 0 Å². The molecular formula is C23H33N3O+2. The van der Waals surface area contributed by atoms with Crippen LogP contribution in [0.1, 0.15) is 36.6 Å². The van der Waals surface area contributed by atoms with Gasteiger partial charge in [0.25, 0.3) is 5.91 Å². The minimum Gasteiger partial charge on any atom is -0.345 e. The van der Waals surface area contributed by atoms with Gasteiger partial charge in [0.05, 0.1) is 6.04 Å². The number of carbonyl (C=O) groups is 1. The number of piperazine rings is 1. The largest absolute Gasteiger partial charge is 0.345 e. The fourth-order valence-corrected chi connectivity index (χ4v) is 3.84. The molecule has 1 amide bonds. The Morgan fingerprint density at radius 2 is 1.56 bits per heavy atom. The summed E-state index contributed by atoms with van der Waals surface area (Å²) in [7, 11) is 0. The maximum atomic E-state index is 12.5. The van der Waals surface area contributed by atoms with Crippen molar-refractivity contribution in [3.05, 3.63) is 71.3 Å². The number of rotatable bonds is 7. The zero-order valence-corrected chi connectivity index (χ0v) is 16.6. The summed E-state index contributed by atoms with van der Waals surface area (Å²) in [6, 6.07) is 19.3. The minimum absolute atomic E-state index is 0.0628. The Morgan fingerprint density at radius 3 is 2.19 bits per heavy atom. The first kappa shape index (κ1) is 19.6. The van der Waals surface area contributed by atoms with Gasteiger partial charge < -0.3 is 15.1 Å². The Balaban J connectivity index is 1.41. The van der Waals surface area contributed by atoms with Gasteiger partial charge in [0.1, 0.15) is 32.7 Å². The van der Waals surface area contributed by atoms with Crippen LogP contribution in [-0.4, -0.2) is 38.6 Å². The Morgan fingerprint density at radius 1 is 0.926 bits per heavy atom. The van der Waals surface area contributed by atoms with Crippen LogP contribution in [0.4, 0.5) is 0 Å². The van der Waals surface area contributed by atoms with Crippen LogP contribution in [0.3, 0.4) is 0 Å². The third kappa shape index (κ3) is 5.91. The van der Waals surface area contributed by atoms with E-state index in [2.05, 4.69) is 73.8 Å². The van der Waals surface area contributed by atoms with E-state index in [0.29, 0.717) is 6.54 Å². The molecule has 2 aromatic carbocycles. The fraction of sp³-hybridized carbons (Fsp3) is 0.435. The second kappa shape index (κ2) is 9.67. The molecule has 1 fully saturated rings. The van der Waals surface area contributed by atoms with Gasteiger partial charge in [-0.05, 0) is 24.5 Å². The van der Waals surface area contributed by atoms with Crippen LogP contribution < -0.4 is 15.1 Å². The van der Waals surface area contributed by atoms with Gasteiger partial charge in [-0.2, -0.15) is 0 Å². The molecule has 144 valence electrons. The highest BCUT2D eigenvalue weighted by Gasteiger charge is 2.25. The average molecular weight is 368 g/mol. The molecule has 3 rings (SSSR count). The highest BCUT2D eigenvalue weighted by molar-refractivity contribution is 5.77. The lowest BCUT2D eigenvalue weighted by Gasteiger charge is -2.29. The topological polar surface area (TPSA) is 38.0 Å². The van der Waals surface area contributed by atoms with Crippen molar-refractivity contribution < 1.29 is 14.6 Å². The lowest BCUT2D eigenvalue weighted by atomic mass is 10.1. The van der Waals surface area contributed by atoms with E-state index in [4.69, 9.17) is 0 Å². The molecule has 1 heterocycles. The summed E-state index contributed by atoms with van der Waals surface area (Å²) in [5.41, 5.74) is 3.90. The smallest absolute Gasteiger partial charge is 0.275 e. The van der Waals surface area contributed by atoms with E-state index in [0.717, 1.165) is 39.1 Å². The first-order chi connectivity index (χ1) is 13.1. The van der Waals surface area contributed by atoms with Gasteiger partial charge in [0, 0.05) is 5.56 Å². The first-order valence-electron chi connectivity index (χ1n) is 10.2. The van der Waals surface area contributed by atoms with E-state index < -0.39 is 0 Å². The monoisotopic (exact) mass is 367 g/mol. The Hall–Kier alpha value is -2.17. The molecular weight excluding hydrogens is 334 g/mol. The Kier molecular flexibility index (Phi) is 7.02. The van der Waals surface area contributed by atoms with Crippen LogP contribution in [0.15, 0.2) is 54.6 Å². The van der Waals surface area contributed by atoms with Gasteiger partial charge in [-0.25, -0.2) is 0 Å². The number of quaternary nitrogens is 2. The molecule has 0 saturated carbocycles. The maximum Gasteiger partial charge on any atom is 0.275 e. The van der Waals surface area contributed by atoms with Gasteiger partial charge in [-0.15, -0.1) is 0 Å².